The normalized spacial score (nSPS) is 12.9. The Balaban J connectivity index is 2.44. The Hall–Kier alpha value is -1.71. The number of ether oxygens (including phenoxy) is 1. The summed E-state index contributed by atoms with van der Waals surface area (Å²) in [6.45, 7) is 5.13. The first kappa shape index (κ1) is 15.3. The third-order valence-corrected chi connectivity index (χ3v) is 3.10. The van der Waals surface area contributed by atoms with E-state index in [0.717, 1.165) is 31.1 Å². The van der Waals surface area contributed by atoms with E-state index >= 15 is 0 Å². The van der Waals surface area contributed by atoms with Crippen LogP contribution in [0.3, 0.4) is 0 Å². The number of rotatable bonds is 6. The summed E-state index contributed by atoms with van der Waals surface area (Å²) < 4.78 is 5.34. The zero-order chi connectivity index (χ0) is 14.1. The zero-order valence-corrected chi connectivity index (χ0v) is 12.4. The molecule has 1 atom stereocenters. The summed E-state index contributed by atoms with van der Waals surface area (Å²) in [5, 5.41) is 6.66. The molecule has 0 amide bonds. The lowest BCUT2D eigenvalue weighted by molar-refractivity contribution is 0.409. The molecule has 0 aliphatic heterocycles. The molecule has 0 radical (unpaired) electrons. The lowest BCUT2D eigenvalue weighted by Gasteiger charge is -2.16. The fraction of sp³-hybridized carbons (Fsp3) is 0.533. The van der Waals surface area contributed by atoms with Gasteiger partial charge in [0.25, 0.3) is 0 Å². The van der Waals surface area contributed by atoms with Crippen molar-refractivity contribution in [1.82, 2.24) is 10.6 Å². The van der Waals surface area contributed by atoms with Gasteiger partial charge in [0.15, 0.2) is 5.96 Å². The van der Waals surface area contributed by atoms with Gasteiger partial charge >= 0.3 is 0 Å². The fourth-order valence-electron chi connectivity index (χ4n) is 1.76. The number of aliphatic imine (C=N–C) groups is 1. The summed E-state index contributed by atoms with van der Waals surface area (Å²) in [5.74, 6) is 1.79. The predicted octanol–water partition coefficient (Wildman–Crippen LogP) is 2.20. The molecule has 4 nitrogen and oxygen atoms in total. The number of hydrogen-bond donors (Lipinski definition) is 2. The fourth-order valence-corrected chi connectivity index (χ4v) is 1.76. The maximum atomic E-state index is 5.34. The third-order valence-electron chi connectivity index (χ3n) is 3.10. The Bertz CT molecular complexity index is 404. The average Bonchev–Trinajstić information content (AvgIpc) is 2.46. The third kappa shape index (κ3) is 5.20. The zero-order valence-electron chi connectivity index (χ0n) is 12.4. The van der Waals surface area contributed by atoms with Gasteiger partial charge in [-0.15, -0.1) is 0 Å². The molecule has 0 saturated carbocycles. The minimum atomic E-state index is 0.428. The van der Waals surface area contributed by atoms with Crippen molar-refractivity contribution in [2.24, 2.45) is 4.99 Å². The Morgan fingerprint density at radius 1 is 1.37 bits per heavy atom. The molecule has 1 unspecified atom stereocenters. The SMILES string of the molecule is CCC(C)NC(=NC)NCCc1ccccc1OC. The van der Waals surface area contributed by atoms with Gasteiger partial charge in [-0.25, -0.2) is 0 Å². The highest BCUT2D eigenvalue weighted by atomic mass is 16.5. The van der Waals surface area contributed by atoms with Crippen molar-refractivity contribution in [3.8, 4) is 5.75 Å². The molecule has 0 spiro atoms. The minimum absolute atomic E-state index is 0.428. The summed E-state index contributed by atoms with van der Waals surface area (Å²) in [6, 6.07) is 8.52. The number of hydrogen-bond acceptors (Lipinski definition) is 2. The minimum Gasteiger partial charge on any atom is -0.496 e. The van der Waals surface area contributed by atoms with E-state index in [-0.39, 0.29) is 0 Å². The quantitative estimate of drug-likeness (QED) is 0.611. The van der Waals surface area contributed by atoms with Crippen LogP contribution in [0.15, 0.2) is 29.3 Å². The largest absolute Gasteiger partial charge is 0.496 e. The number of guanidine groups is 1. The van der Waals surface area contributed by atoms with Crippen LogP contribution in [0.4, 0.5) is 0 Å². The van der Waals surface area contributed by atoms with Gasteiger partial charge in [0.2, 0.25) is 0 Å². The lowest BCUT2D eigenvalue weighted by Crippen LogP contribution is -2.42. The molecule has 0 aromatic heterocycles. The van der Waals surface area contributed by atoms with Crippen LogP contribution >= 0.6 is 0 Å². The smallest absolute Gasteiger partial charge is 0.191 e. The summed E-state index contributed by atoms with van der Waals surface area (Å²) in [6.07, 6.45) is 1.98. The van der Waals surface area contributed by atoms with Crippen LogP contribution in [0.1, 0.15) is 25.8 Å². The first-order valence-electron chi connectivity index (χ1n) is 6.80. The summed E-state index contributed by atoms with van der Waals surface area (Å²) in [4.78, 5) is 4.21. The second kappa shape index (κ2) is 8.40. The van der Waals surface area contributed by atoms with E-state index in [1.54, 1.807) is 14.2 Å². The van der Waals surface area contributed by atoms with E-state index in [1.165, 1.54) is 5.56 Å². The number of nitrogens with zero attached hydrogens (tertiary/aromatic N) is 1. The van der Waals surface area contributed by atoms with Gasteiger partial charge < -0.3 is 15.4 Å². The van der Waals surface area contributed by atoms with E-state index in [2.05, 4.69) is 35.5 Å². The number of methoxy groups -OCH3 is 1. The van der Waals surface area contributed by atoms with Gasteiger partial charge in [-0.3, -0.25) is 4.99 Å². The monoisotopic (exact) mass is 263 g/mol. The second-order valence-electron chi connectivity index (χ2n) is 4.51. The van der Waals surface area contributed by atoms with Crippen LogP contribution in [0, 0.1) is 0 Å². The molecule has 1 rings (SSSR count). The average molecular weight is 263 g/mol. The van der Waals surface area contributed by atoms with E-state index in [1.807, 2.05) is 18.2 Å². The molecule has 2 N–H and O–H groups in total. The molecule has 1 aromatic rings. The summed E-state index contributed by atoms with van der Waals surface area (Å²) >= 11 is 0. The summed E-state index contributed by atoms with van der Waals surface area (Å²) in [5.41, 5.74) is 1.21. The van der Waals surface area contributed by atoms with E-state index in [0.29, 0.717) is 6.04 Å². The molecule has 0 heterocycles. The van der Waals surface area contributed by atoms with Crippen molar-refractivity contribution in [2.75, 3.05) is 20.7 Å². The van der Waals surface area contributed by atoms with Gasteiger partial charge in [0.1, 0.15) is 5.75 Å². The Morgan fingerprint density at radius 2 is 2.11 bits per heavy atom. The topological polar surface area (TPSA) is 45.7 Å². The maximum absolute atomic E-state index is 5.34. The lowest BCUT2D eigenvalue weighted by atomic mass is 10.1. The molecule has 0 bridgehead atoms. The van der Waals surface area contributed by atoms with E-state index < -0.39 is 0 Å². The van der Waals surface area contributed by atoms with Crippen molar-refractivity contribution in [3.05, 3.63) is 29.8 Å². The van der Waals surface area contributed by atoms with Gasteiger partial charge in [-0.1, -0.05) is 25.1 Å². The van der Waals surface area contributed by atoms with Gasteiger partial charge in [0, 0.05) is 19.6 Å². The van der Waals surface area contributed by atoms with Crippen LogP contribution in [0.25, 0.3) is 0 Å². The number of para-hydroxylation sites is 1. The highest BCUT2D eigenvalue weighted by Crippen LogP contribution is 2.17. The van der Waals surface area contributed by atoms with E-state index in [4.69, 9.17) is 4.74 Å². The molecule has 0 saturated heterocycles. The Labute approximate surface area is 116 Å². The van der Waals surface area contributed by atoms with Crippen LogP contribution in [0.5, 0.6) is 5.75 Å². The summed E-state index contributed by atoms with van der Waals surface area (Å²) in [7, 11) is 3.50. The van der Waals surface area contributed by atoms with E-state index in [9.17, 15) is 0 Å². The molecular formula is C15H25N3O. The maximum Gasteiger partial charge on any atom is 0.191 e. The Kier molecular flexibility index (Phi) is 6.79. The number of benzene rings is 1. The predicted molar refractivity (Wildman–Crippen MR) is 80.9 cm³/mol. The molecule has 0 fully saturated rings. The highest BCUT2D eigenvalue weighted by molar-refractivity contribution is 5.79. The molecule has 19 heavy (non-hydrogen) atoms. The molecule has 1 aromatic carbocycles. The standard InChI is InChI=1S/C15H25N3O/c1-5-12(2)18-15(16-3)17-11-10-13-8-6-7-9-14(13)19-4/h6-9,12H,5,10-11H2,1-4H3,(H2,16,17,18). The van der Waals surface area contributed by atoms with Gasteiger partial charge in [-0.05, 0) is 31.4 Å². The van der Waals surface area contributed by atoms with Crippen molar-refractivity contribution < 1.29 is 4.74 Å². The molecule has 4 heteroatoms. The molecule has 106 valence electrons. The molecule has 0 aliphatic rings. The van der Waals surface area contributed by atoms with Crippen molar-refractivity contribution in [2.45, 2.75) is 32.7 Å². The molecule has 0 aliphatic carbocycles. The van der Waals surface area contributed by atoms with Crippen LogP contribution < -0.4 is 15.4 Å². The van der Waals surface area contributed by atoms with Crippen molar-refractivity contribution >= 4 is 5.96 Å². The molecular weight excluding hydrogens is 238 g/mol. The van der Waals surface area contributed by atoms with Crippen LogP contribution in [-0.2, 0) is 6.42 Å². The highest BCUT2D eigenvalue weighted by Gasteiger charge is 2.04. The van der Waals surface area contributed by atoms with Gasteiger partial charge in [0.05, 0.1) is 7.11 Å². The van der Waals surface area contributed by atoms with Crippen molar-refractivity contribution in [3.63, 3.8) is 0 Å². The second-order valence-corrected chi connectivity index (χ2v) is 4.51. The van der Waals surface area contributed by atoms with Crippen LogP contribution in [-0.4, -0.2) is 32.7 Å². The first-order chi connectivity index (χ1) is 9.21. The Morgan fingerprint density at radius 3 is 2.74 bits per heavy atom. The van der Waals surface area contributed by atoms with Crippen molar-refractivity contribution in [1.29, 1.82) is 0 Å². The first-order valence-corrected chi connectivity index (χ1v) is 6.80. The number of nitrogens with one attached hydrogen (secondary N) is 2. The van der Waals surface area contributed by atoms with Gasteiger partial charge in [-0.2, -0.15) is 0 Å². The van der Waals surface area contributed by atoms with Crippen LogP contribution in [0.2, 0.25) is 0 Å².